The van der Waals surface area contributed by atoms with Crippen LogP contribution >= 0.6 is 0 Å². The molecule has 0 radical (unpaired) electrons. The Morgan fingerprint density at radius 3 is 2.78 bits per heavy atom. The molecule has 1 N–H and O–H groups in total. The molecule has 142 valence electrons. The lowest BCUT2D eigenvalue weighted by Crippen LogP contribution is -2.62. The van der Waals surface area contributed by atoms with Crippen molar-refractivity contribution in [1.29, 1.82) is 0 Å². The van der Waals surface area contributed by atoms with E-state index in [1.807, 2.05) is 18.2 Å². The Morgan fingerprint density at radius 1 is 1.19 bits per heavy atom. The third-order valence-electron chi connectivity index (χ3n) is 5.46. The Kier molecular flexibility index (Phi) is 5.07. The molecule has 0 unspecified atom stereocenters. The molecule has 2 aromatic carbocycles. The minimum absolute atomic E-state index is 0.0184. The van der Waals surface area contributed by atoms with Crippen LogP contribution in [0.3, 0.4) is 0 Å². The first-order chi connectivity index (χ1) is 13.1. The van der Waals surface area contributed by atoms with E-state index < -0.39 is 6.61 Å². The summed E-state index contributed by atoms with van der Waals surface area (Å²) in [5.74, 6) is 0.227. The van der Waals surface area contributed by atoms with Gasteiger partial charge in [-0.1, -0.05) is 36.4 Å². The molecule has 4 rings (SSSR count). The zero-order valence-electron chi connectivity index (χ0n) is 14.7. The van der Waals surface area contributed by atoms with Crippen molar-refractivity contribution < 1.29 is 23.0 Å². The van der Waals surface area contributed by atoms with Gasteiger partial charge in [-0.2, -0.15) is 8.78 Å². The first-order valence-electron chi connectivity index (χ1n) is 9.13. The van der Waals surface area contributed by atoms with Crippen LogP contribution in [0.1, 0.15) is 22.3 Å². The van der Waals surface area contributed by atoms with Gasteiger partial charge in [-0.15, -0.1) is 0 Å². The summed E-state index contributed by atoms with van der Waals surface area (Å²) >= 11 is 0. The Hall–Kier alpha value is -2.47. The topological polar surface area (TPSA) is 47.6 Å². The number of carbonyl (C=O) groups is 1. The molecule has 0 bridgehead atoms. The highest BCUT2D eigenvalue weighted by molar-refractivity contribution is 5.94. The number of ether oxygens (including phenoxy) is 2. The van der Waals surface area contributed by atoms with Crippen molar-refractivity contribution in [2.75, 3.05) is 6.61 Å². The van der Waals surface area contributed by atoms with E-state index >= 15 is 0 Å². The van der Waals surface area contributed by atoms with E-state index in [-0.39, 0.29) is 29.7 Å². The van der Waals surface area contributed by atoms with Crippen LogP contribution in [0.4, 0.5) is 8.78 Å². The minimum Gasteiger partial charge on any atom is -0.435 e. The molecule has 2 aliphatic rings. The SMILES string of the molecule is O=C(N[C@@H]1[C@H]2CCO[C@H]2[C@H]1Cc1ccccc1)c1cccc(OC(F)F)c1. The quantitative estimate of drug-likeness (QED) is 0.841. The predicted molar refractivity (Wildman–Crippen MR) is 95.8 cm³/mol. The van der Waals surface area contributed by atoms with E-state index in [1.165, 1.54) is 23.8 Å². The molecule has 27 heavy (non-hydrogen) atoms. The largest absolute Gasteiger partial charge is 0.435 e. The Bertz CT molecular complexity index is 799. The summed E-state index contributed by atoms with van der Waals surface area (Å²) < 4.78 is 35.0. The minimum atomic E-state index is -2.92. The Balaban J connectivity index is 1.46. The van der Waals surface area contributed by atoms with E-state index in [0.29, 0.717) is 18.1 Å². The van der Waals surface area contributed by atoms with E-state index in [4.69, 9.17) is 4.74 Å². The second-order valence-corrected chi connectivity index (χ2v) is 7.05. The molecule has 4 nitrogen and oxygen atoms in total. The number of alkyl halides is 2. The van der Waals surface area contributed by atoms with Gasteiger partial charge in [0.15, 0.2) is 0 Å². The Labute approximate surface area is 156 Å². The van der Waals surface area contributed by atoms with Gasteiger partial charge >= 0.3 is 6.61 Å². The molecule has 6 heteroatoms. The molecule has 4 atom stereocenters. The van der Waals surface area contributed by atoms with Crippen LogP contribution in [0.15, 0.2) is 54.6 Å². The van der Waals surface area contributed by atoms with Gasteiger partial charge in [0.2, 0.25) is 0 Å². The highest BCUT2D eigenvalue weighted by Crippen LogP contribution is 2.45. The summed E-state index contributed by atoms with van der Waals surface area (Å²) in [5, 5.41) is 3.09. The summed E-state index contributed by atoms with van der Waals surface area (Å²) in [7, 11) is 0. The van der Waals surface area contributed by atoms with Crippen molar-refractivity contribution in [1.82, 2.24) is 5.32 Å². The second kappa shape index (κ2) is 7.64. The van der Waals surface area contributed by atoms with Gasteiger partial charge < -0.3 is 14.8 Å². The molecule has 1 amide bonds. The number of hydrogen-bond donors (Lipinski definition) is 1. The number of amides is 1. The summed E-state index contributed by atoms with van der Waals surface area (Å²) in [4.78, 5) is 12.7. The molecule has 0 aromatic heterocycles. The van der Waals surface area contributed by atoms with Crippen LogP contribution in [0, 0.1) is 11.8 Å². The fourth-order valence-corrected chi connectivity index (χ4v) is 4.22. The monoisotopic (exact) mass is 373 g/mol. The average molecular weight is 373 g/mol. The number of nitrogens with one attached hydrogen (secondary N) is 1. The summed E-state index contributed by atoms with van der Waals surface area (Å²) in [6, 6.07) is 16.0. The number of rotatable bonds is 6. The molecular weight excluding hydrogens is 352 g/mol. The van der Waals surface area contributed by atoms with Crippen LogP contribution in [0.25, 0.3) is 0 Å². The molecule has 1 heterocycles. The molecular formula is C21H21F2NO3. The number of halogens is 2. The molecule has 2 fully saturated rings. The number of carbonyl (C=O) groups excluding carboxylic acids is 1. The fourth-order valence-electron chi connectivity index (χ4n) is 4.22. The van der Waals surface area contributed by atoms with Gasteiger partial charge in [0.25, 0.3) is 5.91 Å². The lowest BCUT2D eigenvalue weighted by molar-refractivity contribution is -0.0530. The highest BCUT2D eigenvalue weighted by atomic mass is 19.3. The molecule has 0 spiro atoms. The van der Waals surface area contributed by atoms with Crippen molar-refractivity contribution in [3.05, 3.63) is 65.7 Å². The first-order valence-corrected chi connectivity index (χ1v) is 9.13. The lowest BCUT2D eigenvalue weighted by atomic mass is 9.64. The van der Waals surface area contributed by atoms with Crippen molar-refractivity contribution in [3.8, 4) is 5.75 Å². The molecule has 1 saturated carbocycles. The standard InChI is InChI=1S/C21H21F2NO3/c22-21(23)27-15-8-4-7-14(12-15)20(25)24-18-16-9-10-26-19(16)17(18)11-13-5-2-1-3-6-13/h1-8,12,16-19,21H,9-11H2,(H,24,25)/t16-,17+,18-,19-/m1/s1. The normalized spacial score (nSPS) is 26.3. The van der Waals surface area contributed by atoms with Crippen molar-refractivity contribution in [3.63, 3.8) is 0 Å². The maximum atomic E-state index is 12.7. The van der Waals surface area contributed by atoms with Gasteiger partial charge in [-0.25, -0.2) is 0 Å². The second-order valence-electron chi connectivity index (χ2n) is 7.05. The van der Waals surface area contributed by atoms with Crippen molar-refractivity contribution in [2.45, 2.75) is 31.6 Å². The summed E-state index contributed by atoms with van der Waals surface area (Å²) in [5.41, 5.74) is 1.53. The van der Waals surface area contributed by atoms with E-state index in [9.17, 15) is 13.6 Å². The van der Waals surface area contributed by atoms with Crippen LogP contribution in [0.5, 0.6) is 5.75 Å². The van der Waals surface area contributed by atoms with Crippen LogP contribution in [-0.2, 0) is 11.2 Å². The zero-order valence-corrected chi connectivity index (χ0v) is 14.7. The molecule has 1 saturated heterocycles. The van der Waals surface area contributed by atoms with Crippen molar-refractivity contribution in [2.24, 2.45) is 11.8 Å². The molecule has 2 aromatic rings. The number of fused-ring (bicyclic) bond motifs is 1. The third-order valence-corrected chi connectivity index (χ3v) is 5.46. The summed E-state index contributed by atoms with van der Waals surface area (Å²) in [6.45, 7) is -2.20. The lowest BCUT2D eigenvalue weighted by Gasteiger charge is -2.48. The van der Waals surface area contributed by atoms with E-state index in [1.54, 1.807) is 6.07 Å². The average Bonchev–Trinajstić information content (AvgIpc) is 3.09. The van der Waals surface area contributed by atoms with Crippen molar-refractivity contribution >= 4 is 5.91 Å². The maximum absolute atomic E-state index is 12.7. The smallest absolute Gasteiger partial charge is 0.387 e. The van der Waals surface area contributed by atoms with E-state index in [2.05, 4.69) is 22.2 Å². The molecule has 1 aliphatic heterocycles. The number of hydrogen-bond acceptors (Lipinski definition) is 3. The van der Waals surface area contributed by atoms with Crippen LogP contribution in [0.2, 0.25) is 0 Å². The van der Waals surface area contributed by atoms with E-state index in [0.717, 1.165) is 12.8 Å². The third kappa shape index (κ3) is 3.81. The van der Waals surface area contributed by atoms with Gasteiger partial charge in [0, 0.05) is 30.0 Å². The maximum Gasteiger partial charge on any atom is 0.387 e. The number of benzene rings is 2. The summed E-state index contributed by atoms with van der Waals surface area (Å²) in [6.07, 6.45) is 1.93. The van der Waals surface area contributed by atoms with Gasteiger partial charge in [-0.05, 0) is 36.6 Å². The highest BCUT2D eigenvalue weighted by Gasteiger charge is 2.54. The zero-order chi connectivity index (χ0) is 18.8. The first kappa shape index (κ1) is 17.9. The predicted octanol–water partition coefficient (Wildman–Crippen LogP) is 3.66. The van der Waals surface area contributed by atoms with Crippen LogP contribution in [-0.4, -0.2) is 31.3 Å². The van der Waals surface area contributed by atoms with Gasteiger partial charge in [-0.3, -0.25) is 4.79 Å². The van der Waals surface area contributed by atoms with Crippen LogP contribution < -0.4 is 10.1 Å². The fraction of sp³-hybridized carbons (Fsp3) is 0.381. The molecule has 1 aliphatic carbocycles. The van der Waals surface area contributed by atoms with Gasteiger partial charge in [0.05, 0.1) is 6.10 Å². The van der Waals surface area contributed by atoms with Gasteiger partial charge in [0.1, 0.15) is 5.75 Å². The Morgan fingerprint density at radius 2 is 2.00 bits per heavy atom.